The molecule has 21 heavy (non-hydrogen) atoms. The second-order valence-corrected chi connectivity index (χ2v) is 5.55. The Morgan fingerprint density at radius 2 is 1.95 bits per heavy atom. The first-order chi connectivity index (χ1) is 10.1. The topological polar surface area (TPSA) is 50.9 Å². The summed E-state index contributed by atoms with van der Waals surface area (Å²) in [6.45, 7) is 4.17. The third-order valence-electron chi connectivity index (χ3n) is 3.65. The van der Waals surface area contributed by atoms with E-state index in [0.29, 0.717) is 12.5 Å². The molecule has 0 fully saturated rings. The highest BCUT2D eigenvalue weighted by atomic mass is 16.3. The molecule has 3 rings (SSSR count). The Labute approximate surface area is 124 Å². The maximum atomic E-state index is 10.5. The average Bonchev–Trinajstić information content (AvgIpc) is 2.95. The van der Waals surface area contributed by atoms with E-state index in [-0.39, 0.29) is 0 Å². The molecule has 108 valence electrons. The summed E-state index contributed by atoms with van der Waals surface area (Å²) in [5.41, 5.74) is 1.75. The largest absolute Gasteiger partial charge is 0.388 e. The van der Waals surface area contributed by atoms with Crippen LogP contribution in [0, 0.1) is 0 Å². The van der Waals surface area contributed by atoms with Crippen LogP contribution in [0.3, 0.4) is 0 Å². The van der Waals surface area contributed by atoms with E-state index in [4.69, 9.17) is 0 Å². The number of hydrogen-bond acceptors (Lipinski definition) is 3. The predicted molar refractivity (Wildman–Crippen MR) is 83.0 cm³/mol. The van der Waals surface area contributed by atoms with Crippen molar-refractivity contribution in [3.63, 3.8) is 0 Å². The Hall–Kier alpha value is -2.20. The summed E-state index contributed by atoms with van der Waals surface area (Å²) in [5.74, 6) is 0. The summed E-state index contributed by atoms with van der Waals surface area (Å²) in [6.07, 6.45) is 5.41. The van der Waals surface area contributed by atoms with Crippen LogP contribution < -0.4 is 0 Å². The maximum Gasteiger partial charge on any atom is 0.0867 e. The van der Waals surface area contributed by atoms with Crippen LogP contribution in [0.4, 0.5) is 0 Å². The number of hydrogen-bond donors (Lipinski definition) is 1. The Kier molecular flexibility index (Phi) is 3.71. The zero-order chi connectivity index (χ0) is 14.8. The summed E-state index contributed by atoms with van der Waals surface area (Å²) in [7, 11) is 0. The highest BCUT2D eigenvalue weighted by Crippen LogP contribution is 2.25. The van der Waals surface area contributed by atoms with Crippen LogP contribution in [0.15, 0.2) is 48.9 Å². The van der Waals surface area contributed by atoms with Crippen LogP contribution in [0.2, 0.25) is 0 Å². The van der Waals surface area contributed by atoms with Crippen molar-refractivity contribution in [2.45, 2.75) is 32.4 Å². The van der Waals surface area contributed by atoms with Crippen molar-refractivity contribution >= 4 is 10.8 Å². The Balaban J connectivity index is 1.88. The minimum Gasteiger partial charge on any atom is -0.388 e. The highest BCUT2D eigenvalue weighted by Gasteiger charge is 2.14. The number of aromatic nitrogens is 3. The lowest BCUT2D eigenvalue weighted by Crippen LogP contribution is -2.06. The van der Waals surface area contributed by atoms with Crippen LogP contribution in [0.5, 0.6) is 0 Å². The fourth-order valence-corrected chi connectivity index (χ4v) is 2.49. The van der Waals surface area contributed by atoms with E-state index in [1.165, 1.54) is 0 Å². The Morgan fingerprint density at radius 3 is 2.71 bits per heavy atom. The molecule has 0 saturated heterocycles. The van der Waals surface area contributed by atoms with Crippen LogP contribution >= 0.6 is 0 Å². The minimum atomic E-state index is -0.598. The fourth-order valence-electron chi connectivity index (χ4n) is 2.49. The Bertz CT molecular complexity index is 743. The zero-order valence-electron chi connectivity index (χ0n) is 12.3. The number of aliphatic hydroxyl groups excluding tert-OH is 1. The standard InChI is InChI=1S/C17H19N3O/c1-12(2)20-8-7-14(19-20)9-17(21)16-11-18-10-13-5-3-4-6-15(13)16/h3-8,10-12,17,21H,9H2,1-2H3. The summed E-state index contributed by atoms with van der Waals surface area (Å²) < 4.78 is 1.91. The molecule has 0 aliphatic rings. The number of fused-ring (bicyclic) bond motifs is 1. The summed E-state index contributed by atoms with van der Waals surface area (Å²) in [6, 6.07) is 10.3. The van der Waals surface area contributed by atoms with Gasteiger partial charge in [0.2, 0.25) is 0 Å². The van der Waals surface area contributed by atoms with E-state index in [1.807, 2.05) is 47.4 Å². The molecule has 1 N–H and O–H groups in total. The van der Waals surface area contributed by atoms with Crippen LogP contribution in [-0.4, -0.2) is 19.9 Å². The van der Waals surface area contributed by atoms with Crippen LogP contribution in [0.25, 0.3) is 10.8 Å². The van der Waals surface area contributed by atoms with E-state index >= 15 is 0 Å². The van der Waals surface area contributed by atoms with Gasteiger partial charge >= 0.3 is 0 Å². The first-order valence-corrected chi connectivity index (χ1v) is 7.20. The van der Waals surface area contributed by atoms with Gasteiger partial charge in [0.1, 0.15) is 0 Å². The molecule has 4 nitrogen and oxygen atoms in total. The zero-order valence-corrected chi connectivity index (χ0v) is 12.3. The first-order valence-electron chi connectivity index (χ1n) is 7.20. The lowest BCUT2D eigenvalue weighted by molar-refractivity contribution is 0.178. The Morgan fingerprint density at radius 1 is 1.14 bits per heavy atom. The van der Waals surface area contributed by atoms with Gasteiger partial charge in [0.05, 0.1) is 11.8 Å². The van der Waals surface area contributed by atoms with Gasteiger partial charge in [0, 0.05) is 42.0 Å². The van der Waals surface area contributed by atoms with Crippen molar-refractivity contribution in [2.75, 3.05) is 0 Å². The number of nitrogens with zero attached hydrogens (tertiary/aromatic N) is 3. The molecule has 2 aromatic heterocycles. The minimum absolute atomic E-state index is 0.329. The van der Waals surface area contributed by atoms with Gasteiger partial charge in [-0.1, -0.05) is 24.3 Å². The number of rotatable bonds is 4. The molecule has 1 aromatic carbocycles. The van der Waals surface area contributed by atoms with Gasteiger partial charge in [-0.05, 0) is 25.3 Å². The predicted octanol–water partition coefficient (Wildman–Crippen LogP) is 3.29. The van der Waals surface area contributed by atoms with Gasteiger partial charge in [0.25, 0.3) is 0 Å². The van der Waals surface area contributed by atoms with Gasteiger partial charge in [-0.3, -0.25) is 9.67 Å². The normalized spacial score (nSPS) is 13.0. The lowest BCUT2D eigenvalue weighted by atomic mass is 10.0. The smallest absolute Gasteiger partial charge is 0.0867 e. The van der Waals surface area contributed by atoms with Crippen molar-refractivity contribution < 1.29 is 5.11 Å². The molecule has 4 heteroatoms. The number of benzene rings is 1. The SMILES string of the molecule is CC(C)n1ccc(CC(O)c2cncc3ccccc23)n1. The van der Waals surface area contributed by atoms with Crippen molar-refractivity contribution in [3.05, 3.63) is 60.2 Å². The van der Waals surface area contributed by atoms with Crippen molar-refractivity contribution in [1.82, 2.24) is 14.8 Å². The van der Waals surface area contributed by atoms with Crippen molar-refractivity contribution in [1.29, 1.82) is 0 Å². The molecule has 3 aromatic rings. The van der Waals surface area contributed by atoms with Gasteiger partial charge < -0.3 is 5.11 Å². The molecule has 0 aliphatic heterocycles. The molecule has 1 atom stereocenters. The van der Waals surface area contributed by atoms with Gasteiger partial charge in [0.15, 0.2) is 0 Å². The van der Waals surface area contributed by atoms with E-state index in [9.17, 15) is 5.11 Å². The van der Waals surface area contributed by atoms with E-state index in [1.54, 1.807) is 6.20 Å². The average molecular weight is 281 g/mol. The third-order valence-corrected chi connectivity index (χ3v) is 3.65. The fraction of sp³-hybridized carbons (Fsp3) is 0.294. The molecule has 2 heterocycles. The highest BCUT2D eigenvalue weighted by molar-refractivity contribution is 5.84. The second kappa shape index (κ2) is 5.66. The van der Waals surface area contributed by atoms with E-state index < -0.39 is 6.10 Å². The lowest BCUT2D eigenvalue weighted by Gasteiger charge is -2.12. The van der Waals surface area contributed by atoms with Gasteiger partial charge in [-0.25, -0.2) is 0 Å². The van der Waals surface area contributed by atoms with E-state index in [0.717, 1.165) is 22.0 Å². The maximum absolute atomic E-state index is 10.5. The van der Waals surface area contributed by atoms with Crippen molar-refractivity contribution in [2.24, 2.45) is 0 Å². The molecule has 0 saturated carbocycles. The molecule has 0 radical (unpaired) electrons. The summed E-state index contributed by atoms with van der Waals surface area (Å²) >= 11 is 0. The molecule has 0 bridgehead atoms. The summed E-state index contributed by atoms with van der Waals surface area (Å²) in [4.78, 5) is 4.22. The van der Waals surface area contributed by atoms with E-state index in [2.05, 4.69) is 23.9 Å². The monoisotopic (exact) mass is 281 g/mol. The van der Waals surface area contributed by atoms with Crippen molar-refractivity contribution in [3.8, 4) is 0 Å². The number of pyridine rings is 1. The van der Waals surface area contributed by atoms with Crippen LogP contribution in [0.1, 0.15) is 37.3 Å². The van der Waals surface area contributed by atoms with Gasteiger partial charge in [-0.2, -0.15) is 5.10 Å². The quantitative estimate of drug-likeness (QED) is 0.798. The van der Waals surface area contributed by atoms with Gasteiger partial charge in [-0.15, -0.1) is 0 Å². The molecular weight excluding hydrogens is 262 g/mol. The third kappa shape index (κ3) is 2.81. The number of aliphatic hydroxyl groups is 1. The molecule has 0 spiro atoms. The molecule has 0 amide bonds. The second-order valence-electron chi connectivity index (χ2n) is 5.55. The molecule has 1 unspecified atom stereocenters. The summed E-state index contributed by atoms with van der Waals surface area (Å²) in [5, 5.41) is 17.1. The van der Waals surface area contributed by atoms with Crippen LogP contribution in [-0.2, 0) is 6.42 Å². The first kappa shape index (κ1) is 13.8. The molecular formula is C17H19N3O. The molecule has 0 aliphatic carbocycles.